The average Bonchev–Trinajstić information content (AvgIpc) is 3.74. The SMILES string of the molecule is C=CCOc1ccc(C2/C(=C(\O)c3ccc4c(c3)CC(C)O4)C(=O)C(=O)N2c2nnc(SCc3ccccc3)s2)cc1OCC. The van der Waals surface area contributed by atoms with Crippen molar-refractivity contribution in [3.63, 3.8) is 0 Å². The van der Waals surface area contributed by atoms with Gasteiger partial charge in [-0.3, -0.25) is 14.5 Å². The van der Waals surface area contributed by atoms with Gasteiger partial charge in [0.05, 0.1) is 18.2 Å². The summed E-state index contributed by atoms with van der Waals surface area (Å²) in [5.74, 6) is 0.422. The lowest BCUT2D eigenvalue weighted by molar-refractivity contribution is -0.132. The highest BCUT2D eigenvalue weighted by Crippen LogP contribution is 2.46. The molecule has 0 spiro atoms. The van der Waals surface area contributed by atoms with Crippen LogP contribution in [-0.2, 0) is 21.8 Å². The van der Waals surface area contributed by atoms with Crippen molar-refractivity contribution >= 4 is 45.7 Å². The van der Waals surface area contributed by atoms with Gasteiger partial charge < -0.3 is 19.3 Å². The second kappa shape index (κ2) is 13.2. The van der Waals surface area contributed by atoms with Gasteiger partial charge in [-0.2, -0.15) is 0 Å². The zero-order valence-electron chi connectivity index (χ0n) is 24.8. The fourth-order valence-electron chi connectivity index (χ4n) is 5.38. The monoisotopic (exact) mass is 641 g/mol. The topological polar surface area (TPSA) is 111 Å². The summed E-state index contributed by atoms with van der Waals surface area (Å²) >= 11 is 2.70. The molecule has 9 nitrogen and oxygen atoms in total. The molecule has 4 aromatic rings. The summed E-state index contributed by atoms with van der Waals surface area (Å²) < 4.78 is 18.1. The molecule has 11 heteroatoms. The minimum atomic E-state index is -0.999. The number of ketones is 1. The summed E-state index contributed by atoms with van der Waals surface area (Å²) in [5, 5.41) is 20.6. The van der Waals surface area contributed by atoms with E-state index in [4.69, 9.17) is 14.2 Å². The molecule has 2 aliphatic rings. The zero-order chi connectivity index (χ0) is 31.5. The van der Waals surface area contributed by atoms with Crippen LogP contribution in [0.2, 0.25) is 0 Å². The van der Waals surface area contributed by atoms with E-state index in [-0.39, 0.29) is 29.2 Å². The molecule has 1 amide bonds. The van der Waals surface area contributed by atoms with Crippen molar-refractivity contribution in [2.75, 3.05) is 18.1 Å². The number of anilines is 1. The van der Waals surface area contributed by atoms with Crippen LogP contribution in [0, 0.1) is 0 Å². The predicted molar refractivity (Wildman–Crippen MR) is 174 cm³/mol. The Balaban J connectivity index is 1.43. The molecule has 0 aliphatic carbocycles. The lowest BCUT2D eigenvalue weighted by Gasteiger charge is -2.23. The van der Waals surface area contributed by atoms with E-state index < -0.39 is 17.7 Å². The van der Waals surface area contributed by atoms with Crippen molar-refractivity contribution in [3.05, 3.63) is 107 Å². The van der Waals surface area contributed by atoms with E-state index in [1.165, 1.54) is 28.0 Å². The standard InChI is InChI=1S/C34H31N3O6S2/c1-4-15-42-26-14-11-22(18-27(26)41-5-2)29-28(30(38)23-12-13-25-24(17-23)16-20(3)43-25)31(39)32(40)37(29)33-35-36-34(45-33)44-19-21-9-7-6-8-10-21/h4,6-14,17-18,20,29,38H,1,5,15-16,19H2,2-3H3/b30-28+. The quantitative estimate of drug-likeness (QED) is 0.0475. The number of benzene rings is 3. The third kappa shape index (κ3) is 6.18. The van der Waals surface area contributed by atoms with Crippen molar-refractivity contribution in [1.29, 1.82) is 0 Å². The largest absolute Gasteiger partial charge is 0.507 e. The number of carbonyl (C=O) groups excluding carboxylic acids is 2. The van der Waals surface area contributed by atoms with Crippen LogP contribution in [0.4, 0.5) is 5.13 Å². The van der Waals surface area contributed by atoms with Gasteiger partial charge in [0.1, 0.15) is 24.2 Å². The number of hydrogen-bond donors (Lipinski definition) is 1. The van der Waals surface area contributed by atoms with Crippen LogP contribution < -0.4 is 19.1 Å². The summed E-state index contributed by atoms with van der Waals surface area (Å²) in [7, 11) is 0. The third-order valence-corrected chi connectivity index (χ3v) is 9.49. The van der Waals surface area contributed by atoms with Gasteiger partial charge in [0.15, 0.2) is 15.8 Å². The van der Waals surface area contributed by atoms with Crippen LogP contribution in [0.1, 0.15) is 42.1 Å². The first-order chi connectivity index (χ1) is 21.9. The molecular weight excluding hydrogens is 611 g/mol. The van der Waals surface area contributed by atoms with Crippen molar-refractivity contribution in [1.82, 2.24) is 10.2 Å². The van der Waals surface area contributed by atoms with E-state index in [0.29, 0.717) is 45.7 Å². The molecule has 3 heterocycles. The van der Waals surface area contributed by atoms with E-state index in [1.807, 2.05) is 44.2 Å². The molecule has 2 unspecified atom stereocenters. The number of rotatable bonds is 11. The Bertz CT molecular complexity index is 1790. The number of fused-ring (bicyclic) bond motifs is 1. The number of thioether (sulfide) groups is 1. The van der Waals surface area contributed by atoms with E-state index in [2.05, 4.69) is 16.8 Å². The summed E-state index contributed by atoms with van der Waals surface area (Å²) in [6, 6.07) is 19.4. The van der Waals surface area contributed by atoms with Crippen molar-refractivity contribution in [3.8, 4) is 17.2 Å². The Labute approximate surface area is 269 Å². The van der Waals surface area contributed by atoms with Gasteiger partial charge in [-0.05, 0) is 60.9 Å². The number of aliphatic hydroxyl groups is 1. The van der Waals surface area contributed by atoms with Crippen LogP contribution in [0.3, 0.4) is 0 Å². The maximum absolute atomic E-state index is 13.8. The molecule has 1 fully saturated rings. The summed E-state index contributed by atoms with van der Waals surface area (Å²) in [6.45, 7) is 8.16. The fourth-order valence-corrected chi connectivity index (χ4v) is 7.20. The number of ether oxygens (including phenoxy) is 3. The highest BCUT2D eigenvalue weighted by molar-refractivity contribution is 8.00. The minimum Gasteiger partial charge on any atom is -0.507 e. The average molecular weight is 642 g/mol. The van der Waals surface area contributed by atoms with Gasteiger partial charge in [0.2, 0.25) is 5.13 Å². The first kappa shape index (κ1) is 30.4. The molecule has 45 heavy (non-hydrogen) atoms. The van der Waals surface area contributed by atoms with Gasteiger partial charge in [-0.1, -0.05) is 72.2 Å². The van der Waals surface area contributed by atoms with Gasteiger partial charge in [0, 0.05) is 17.7 Å². The van der Waals surface area contributed by atoms with Crippen LogP contribution in [0.5, 0.6) is 17.2 Å². The first-order valence-electron chi connectivity index (χ1n) is 14.5. The Morgan fingerprint density at radius 2 is 1.93 bits per heavy atom. The molecule has 0 radical (unpaired) electrons. The molecule has 6 rings (SSSR count). The Morgan fingerprint density at radius 1 is 1.11 bits per heavy atom. The number of Topliss-reactive ketones (excluding diaryl/α,β-unsaturated/α-hetero) is 1. The number of hydrogen-bond acceptors (Lipinski definition) is 10. The number of amides is 1. The second-order valence-corrected chi connectivity index (χ2v) is 12.7. The van der Waals surface area contributed by atoms with Crippen molar-refractivity contribution < 1.29 is 28.9 Å². The number of nitrogens with zero attached hydrogens (tertiary/aromatic N) is 3. The summed E-state index contributed by atoms with van der Waals surface area (Å²) in [6.07, 6.45) is 2.31. The molecule has 1 aromatic heterocycles. The van der Waals surface area contributed by atoms with Crippen molar-refractivity contribution in [2.24, 2.45) is 0 Å². The first-order valence-corrected chi connectivity index (χ1v) is 16.3. The highest BCUT2D eigenvalue weighted by Gasteiger charge is 2.48. The van der Waals surface area contributed by atoms with Gasteiger partial charge >= 0.3 is 5.91 Å². The van der Waals surface area contributed by atoms with Crippen LogP contribution in [-0.4, -0.2) is 46.3 Å². The fraction of sp³-hybridized carbons (Fsp3) is 0.235. The third-order valence-electron chi connectivity index (χ3n) is 7.36. The molecule has 0 bridgehead atoms. The molecule has 2 aliphatic heterocycles. The Kier molecular flexibility index (Phi) is 8.90. The maximum Gasteiger partial charge on any atom is 0.301 e. The molecule has 1 saturated heterocycles. The Morgan fingerprint density at radius 3 is 2.71 bits per heavy atom. The minimum absolute atomic E-state index is 0.00754. The van der Waals surface area contributed by atoms with Crippen LogP contribution in [0.15, 0.2) is 89.3 Å². The molecule has 3 aromatic carbocycles. The summed E-state index contributed by atoms with van der Waals surface area (Å²) in [4.78, 5) is 28.8. The molecule has 0 saturated carbocycles. The van der Waals surface area contributed by atoms with E-state index in [1.54, 1.807) is 42.5 Å². The summed E-state index contributed by atoms with van der Waals surface area (Å²) in [5.41, 5.74) is 2.95. The van der Waals surface area contributed by atoms with Crippen molar-refractivity contribution in [2.45, 2.75) is 42.5 Å². The van der Waals surface area contributed by atoms with Gasteiger partial charge in [-0.25, -0.2) is 0 Å². The normalized spacial score (nSPS) is 18.5. The smallest absolute Gasteiger partial charge is 0.301 e. The van der Waals surface area contributed by atoms with Gasteiger partial charge in [0.25, 0.3) is 5.78 Å². The molecular formula is C34H31N3O6S2. The molecule has 230 valence electrons. The molecule has 2 atom stereocenters. The van der Waals surface area contributed by atoms with E-state index in [9.17, 15) is 14.7 Å². The molecule has 1 N–H and O–H groups in total. The van der Waals surface area contributed by atoms with Gasteiger partial charge in [-0.15, -0.1) is 10.2 Å². The number of aliphatic hydroxyl groups excluding tert-OH is 1. The van der Waals surface area contributed by atoms with Crippen LogP contribution in [0.25, 0.3) is 5.76 Å². The highest BCUT2D eigenvalue weighted by atomic mass is 32.2. The lowest BCUT2D eigenvalue weighted by Crippen LogP contribution is -2.29. The lowest BCUT2D eigenvalue weighted by atomic mass is 9.94. The maximum atomic E-state index is 13.8. The van der Waals surface area contributed by atoms with Crippen LogP contribution >= 0.6 is 23.1 Å². The number of aromatic nitrogens is 2. The predicted octanol–water partition coefficient (Wildman–Crippen LogP) is 6.74. The number of carbonyl (C=O) groups is 2. The second-order valence-electron chi connectivity index (χ2n) is 10.5. The van der Waals surface area contributed by atoms with E-state index >= 15 is 0 Å². The Hall–Kier alpha value is -4.61. The van der Waals surface area contributed by atoms with E-state index in [0.717, 1.165) is 16.9 Å². The zero-order valence-corrected chi connectivity index (χ0v) is 26.4.